The number of piperidine rings is 1. The predicted octanol–water partition coefficient (Wildman–Crippen LogP) is 3.01. The lowest BCUT2D eigenvalue weighted by Gasteiger charge is -2.32. The quantitative estimate of drug-likeness (QED) is 0.846. The third-order valence-corrected chi connectivity index (χ3v) is 4.21. The second kappa shape index (κ2) is 7.80. The highest BCUT2D eigenvalue weighted by atomic mass is 16.5. The molecule has 2 aromatic rings. The molecule has 1 aliphatic heterocycles. The summed E-state index contributed by atoms with van der Waals surface area (Å²) in [5.41, 5.74) is 1.83. The van der Waals surface area contributed by atoms with Gasteiger partial charge in [0.05, 0.1) is 18.7 Å². The highest BCUT2D eigenvalue weighted by molar-refractivity contribution is 5.36. The number of benzene rings is 1. The molecule has 0 spiro atoms. The molecular formula is C19H21N3O2. The summed E-state index contributed by atoms with van der Waals surface area (Å²) in [6, 6.07) is 13.5. The summed E-state index contributed by atoms with van der Waals surface area (Å²) in [7, 11) is 1.62. The first-order chi connectivity index (χ1) is 11.8. The molecular weight excluding hydrogens is 302 g/mol. The average molecular weight is 323 g/mol. The van der Waals surface area contributed by atoms with Gasteiger partial charge < -0.3 is 9.47 Å². The highest BCUT2D eigenvalue weighted by Gasteiger charge is 2.20. The SMILES string of the molecule is COc1ccc(CN2CCC(Oc3cccc(C#N)c3)CC2)cn1. The molecule has 1 aromatic heterocycles. The number of methoxy groups -OCH3 is 1. The maximum Gasteiger partial charge on any atom is 0.212 e. The first-order valence-electron chi connectivity index (χ1n) is 8.15. The molecule has 124 valence electrons. The number of hydrogen-bond donors (Lipinski definition) is 0. The van der Waals surface area contributed by atoms with Crippen molar-refractivity contribution in [2.45, 2.75) is 25.5 Å². The lowest BCUT2D eigenvalue weighted by molar-refractivity contribution is 0.0967. The lowest BCUT2D eigenvalue weighted by atomic mass is 10.1. The van der Waals surface area contributed by atoms with Crippen molar-refractivity contribution >= 4 is 0 Å². The average Bonchev–Trinajstić information content (AvgIpc) is 2.64. The minimum atomic E-state index is 0.212. The van der Waals surface area contributed by atoms with Crippen molar-refractivity contribution in [2.24, 2.45) is 0 Å². The molecule has 5 nitrogen and oxygen atoms in total. The summed E-state index contributed by atoms with van der Waals surface area (Å²) in [4.78, 5) is 6.66. The Morgan fingerprint density at radius 2 is 2.08 bits per heavy atom. The van der Waals surface area contributed by atoms with Crippen LogP contribution in [0.15, 0.2) is 42.6 Å². The molecule has 0 unspecified atom stereocenters. The van der Waals surface area contributed by atoms with Gasteiger partial charge in [-0.15, -0.1) is 0 Å². The van der Waals surface area contributed by atoms with Crippen molar-refractivity contribution in [3.8, 4) is 17.7 Å². The third kappa shape index (κ3) is 4.24. The van der Waals surface area contributed by atoms with Gasteiger partial charge >= 0.3 is 0 Å². The standard InChI is InChI=1S/C19H21N3O2/c1-23-19-6-5-16(13-21-19)14-22-9-7-17(8-10-22)24-18-4-2-3-15(11-18)12-20/h2-6,11,13,17H,7-10,14H2,1H3. The van der Waals surface area contributed by atoms with Gasteiger partial charge in [0.25, 0.3) is 0 Å². The van der Waals surface area contributed by atoms with E-state index in [1.54, 1.807) is 19.2 Å². The largest absolute Gasteiger partial charge is 0.490 e. The molecule has 0 aliphatic carbocycles. The molecule has 0 bridgehead atoms. The van der Waals surface area contributed by atoms with Crippen LogP contribution < -0.4 is 9.47 Å². The van der Waals surface area contributed by atoms with Crippen LogP contribution in [0.5, 0.6) is 11.6 Å². The van der Waals surface area contributed by atoms with E-state index in [4.69, 9.17) is 14.7 Å². The molecule has 1 fully saturated rings. The lowest BCUT2D eigenvalue weighted by Crippen LogP contribution is -2.37. The second-order valence-corrected chi connectivity index (χ2v) is 5.94. The Labute approximate surface area is 142 Å². The van der Waals surface area contributed by atoms with Crippen LogP contribution in [0.25, 0.3) is 0 Å². The molecule has 1 aromatic carbocycles. The number of ether oxygens (including phenoxy) is 2. The molecule has 24 heavy (non-hydrogen) atoms. The molecule has 0 N–H and O–H groups in total. The summed E-state index contributed by atoms with van der Waals surface area (Å²) in [6.07, 6.45) is 4.06. The number of pyridine rings is 1. The molecule has 0 amide bonds. The highest BCUT2D eigenvalue weighted by Crippen LogP contribution is 2.21. The fourth-order valence-corrected chi connectivity index (χ4v) is 2.90. The number of nitrogens with zero attached hydrogens (tertiary/aromatic N) is 3. The summed E-state index contributed by atoms with van der Waals surface area (Å²) in [6.45, 7) is 2.89. The second-order valence-electron chi connectivity index (χ2n) is 5.94. The van der Waals surface area contributed by atoms with Crippen LogP contribution in [0.2, 0.25) is 0 Å². The zero-order valence-electron chi connectivity index (χ0n) is 13.8. The van der Waals surface area contributed by atoms with E-state index < -0.39 is 0 Å². The van der Waals surface area contributed by atoms with Crippen LogP contribution in [0.1, 0.15) is 24.0 Å². The fraction of sp³-hybridized carbons (Fsp3) is 0.368. The van der Waals surface area contributed by atoms with Crippen LogP contribution in [0.4, 0.5) is 0 Å². The Hall–Kier alpha value is -2.58. The first kappa shape index (κ1) is 16.3. The summed E-state index contributed by atoms with van der Waals surface area (Å²) in [5.74, 6) is 1.43. The maximum absolute atomic E-state index is 8.95. The molecule has 2 heterocycles. The Morgan fingerprint density at radius 3 is 2.75 bits per heavy atom. The van der Waals surface area contributed by atoms with E-state index in [2.05, 4.69) is 22.0 Å². The smallest absolute Gasteiger partial charge is 0.212 e. The van der Waals surface area contributed by atoms with Gasteiger partial charge in [-0.2, -0.15) is 5.26 Å². The van der Waals surface area contributed by atoms with E-state index >= 15 is 0 Å². The number of rotatable bonds is 5. The van der Waals surface area contributed by atoms with E-state index in [0.717, 1.165) is 38.2 Å². The molecule has 0 radical (unpaired) electrons. The number of hydrogen-bond acceptors (Lipinski definition) is 5. The zero-order chi connectivity index (χ0) is 16.8. The molecule has 1 saturated heterocycles. The monoisotopic (exact) mass is 323 g/mol. The van der Waals surface area contributed by atoms with Crippen molar-refractivity contribution in [1.82, 2.24) is 9.88 Å². The minimum Gasteiger partial charge on any atom is -0.490 e. The zero-order valence-corrected chi connectivity index (χ0v) is 13.8. The first-order valence-corrected chi connectivity index (χ1v) is 8.15. The molecule has 0 atom stereocenters. The topological polar surface area (TPSA) is 58.4 Å². The van der Waals surface area contributed by atoms with Crippen LogP contribution >= 0.6 is 0 Å². The van der Waals surface area contributed by atoms with Gasteiger partial charge in [0, 0.05) is 31.9 Å². The van der Waals surface area contributed by atoms with Crippen molar-refractivity contribution in [2.75, 3.05) is 20.2 Å². The van der Waals surface area contributed by atoms with Gasteiger partial charge in [-0.05, 0) is 36.6 Å². The predicted molar refractivity (Wildman–Crippen MR) is 90.9 cm³/mol. The van der Waals surface area contributed by atoms with Crippen molar-refractivity contribution in [1.29, 1.82) is 5.26 Å². The van der Waals surface area contributed by atoms with E-state index in [1.807, 2.05) is 24.4 Å². The van der Waals surface area contributed by atoms with Crippen molar-refractivity contribution < 1.29 is 9.47 Å². The van der Waals surface area contributed by atoms with Crippen LogP contribution in [0.3, 0.4) is 0 Å². The number of nitriles is 1. The van der Waals surface area contributed by atoms with E-state index in [0.29, 0.717) is 11.4 Å². The number of aromatic nitrogens is 1. The van der Waals surface area contributed by atoms with Crippen LogP contribution in [0, 0.1) is 11.3 Å². The maximum atomic E-state index is 8.95. The minimum absolute atomic E-state index is 0.212. The number of likely N-dealkylation sites (tertiary alicyclic amines) is 1. The van der Waals surface area contributed by atoms with Crippen molar-refractivity contribution in [3.63, 3.8) is 0 Å². The molecule has 5 heteroatoms. The van der Waals surface area contributed by atoms with Gasteiger partial charge in [0.2, 0.25) is 5.88 Å². The van der Waals surface area contributed by atoms with E-state index in [-0.39, 0.29) is 6.10 Å². The van der Waals surface area contributed by atoms with E-state index in [9.17, 15) is 0 Å². The van der Waals surface area contributed by atoms with Crippen molar-refractivity contribution in [3.05, 3.63) is 53.7 Å². The molecule has 0 saturated carbocycles. The van der Waals surface area contributed by atoms with Gasteiger partial charge in [-0.1, -0.05) is 12.1 Å². The normalized spacial score (nSPS) is 15.7. The summed E-state index contributed by atoms with van der Waals surface area (Å²) >= 11 is 0. The van der Waals surface area contributed by atoms with Crippen LogP contribution in [-0.4, -0.2) is 36.2 Å². The Kier molecular flexibility index (Phi) is 5.29. The molecule has 1 aliphatic rings. The van der Waals surface area contributed by atoms with Gasteiger partial charge in [0.15, 0.2) is 0 Å². The Bertz CT molecular complexity index is 701. The van der Waals surface area contributed by atoms with Crippen LogP contribution in [-0.2, 0) is 6.54 Å². The Balaban J connectivity index is 1.49. The Morgan fingerprint density at radius 1 is 1.25 bits per heavy atom. The van der Waals surface area contributed by atoms with E-state index in [1.165, 1.54) is 5.56 Å². The fourth-order valence-electron chi connectivity index (χ4n) is 2.90. The summed E-state index contributed by atoms with van der Waals surface area (Å²) < 4.78 is 11.1. The molecule has 3 rings (SSSR count). The van der Waals surface area contributed by atoms with Gasteiger partial charge in [-0.3, -0.25) is 4.90 Å². The van der Waals surface area contributed by atoms with Gasteiger partial charge in [-0.25, -0.2) is 4.98 Å². The summed E-state index contributed by atoms with van der Waals surface area (Å²) in [5, 5.41) is 8.95. The van der Waals surface area contributed by atoms with Gasteiger partial charge in [0.1, 0.15) is 11.9 Å². The third-order valence-electron chi connectivity index (χ3n) is 4.21.